The first-order valence-electron chi connectivity index (χ1n) is 8.13. The molecule has 1 N–H and O–H groups in total. The van der Waals surface area contributed by atoms with E-state index in [9.17, 15) is 0 Å². The lowest BCUT2D eigenvalue weighted by atomic mass is 9.85. The van der Waals surface area contributed by atoms with E-state index in [2.05, 4.69) is 31.0 Å². The summed E-state index contributed by atoms with van der Waals surface area (Å²) in [5.41, 5.74) is 0. The van der Waals surface area contributed by atoms with Crippen molar-refractivity contribution in [2.75, 3.05) is 19.6 Å². The Hall–Kier alpha value is -0.0800. The van der Waals surface area contributed by atoms with E-state index < -0.39 is 0 Å². The minimum absolute atomic E-state index is 0.721. The molecule has 0 aromatic carbocycles. The fraction of sp³-hybridized carbons (Fsp3) is 1.00. The number of rotatable bonds is 4. The Kier molecular flexibility index (Phi) is 5.50. The van der Waals surface area contributed by atoms with Crippen molar-refractivity contribution in [2.24, 2.45) is 11.8 Å². The molecule has 0 aromatic heterocycles. The molecule has 18 heavy (non-hydrogen) atoms. The van der Waals surface area contributed by atoms with Crippen molar-refractivity contribution in [3.8, 4) is 0 Å². The maximum atomic E-state index is 3.48. The number of nitrogens with one attached hydrogen (secondary N) is 1. The predicted molar refractivity (Wildman–Crippen MR) is 78.9 cm³/mol. The van der Waals surface area contributed by atoms with Gasteiger partial charge >= 0.3 is 0 Å². The van der Waals surface area contributed by atoms with Crippen molar-refractivity contribution in [3.05, 3.63) is 0 Å². The van der Waals surface area contributed by atoms with Gasteiger partial charge in [-0.25, -0.2) is 0 Å². The molecule has 1 aliphatic carbocycles. The van der Waals surface area contributed by atoms with Gasteiger partial charge in [-0.3, -0.25) is 4.90 Å². The Morgan fingerprint density at radius 3 is 2.17 bits per heavy atom. The summed E-state index contributed by atoms with van der Waals surface area (Å²) in [5.74, 6) is 1.90. The molecule has 0 spiro atoms. The first-order chi connectivity index (χ1) is 8.66. The van der Waals surface area contributed by atoms with Crippen LogP contribution in [-0.4, -0.2) is 36.6 Å². The van der Waals surface area contributed by atoms with Gasteiger partial charge in [0, 0.05) is 18.6 Å². The zero-order valence-electron chi connectivity index (χ0n) is 12.6. The highest BCUT2D eigenvalue weighted by Gasteiger charge is 2.28. The van der Waals surface area contributed by atoms with E-state index >= 15 is 0 Å². The van der Waals surface area contributed by atoms with E-state index in [-0.39, 0.29) is 0 Å². The number of hydrogen-bond acceptors (Lipinski definition) is 2. The highest BCUT2D eigenvalue weighted by atomic mass is 15.2. The van der Waals surface area contributed by atoms with Gasteiger partial charge in [-0.05, 0) is 77.3 Å². The molecule has 2 rings (SSSR count). The Bertz CT molecular complexity index is 225. The molecule has 2 aliphatic rings. The summed E-state index contributed by atoms with van der Waals surface area (Å²) < 4.78 is 0. The molecule has 1 saturated heterocycles. The average Bonchev–Trinajstić information content (AvgIpc) is 2.38. The standard InChI is InChI=1S/C16H32N2/c1-13(2)18(12-15-8-10-17-11-9-15)16-6-4-14(3)5-7-16/h13-17H,4-12H2,1-3H3. The molecule has 2 fully saturated rings. The average molecular weight is 252 g/mol. The van der Waals surface area contributed by atoms with Gasteiger partial charge in [-0.1, -0.05) is 6.92 Å². The molecule has 0 radical (unpaired) electrons. The Morgan fingerprint density at radius 2 is 1.61 bits per heavy atom. The van der Waals surface area contributed by atoms with Crippen LogP contribution in [0.5, 0.6) is 0 Å². The molecular weight excluding hydrogens is 220 g/mol. The van der Waals surface area contributed by atoms with Crippen LogP contribution in [0.2, 0.25) is 0 Å². The van der Waals surface area contributed by atoms with Crippen molar-refractivity contribution >= 4 is 0 Å². The molecule has 0 unspecified atom stereocenters. The van der Waals surface area contributed by atoms with E-state index in [0.29, 0.717) is 0 Å². The SMILES string of the molecule is CC1CCC(N(CC2CCNCC2)C(C)C)CC1. The number of hydrogen-bond donors (Lipinski definition) is 1. The largest absolute Gasteiger partial charge is 0.317 e. The smallest absolute Gasteiger partial charge is 0.00982 e. The van der Waals surface area contributed by atoms with Crippen LogP contribution in [0.1, 0.15) is 59.3 Å². The van der Waals surface area contributed by atoms with Crippen LogP contribution in [0.4, 0.5) is 0 Å². The van der Waals surface area contributed by atoms with E-state index in [0.717, 1.165) is 23.9 Å². The second kappa shape index (κ2) is 6.91. The number of nitrogens with zero attached hydrogens (tertiary/aromatic N) is 1. The Morgan fingerprint density at radius 1 is 1.00 bits per heavy atom. The summed E-state index contributed by atoms with van der Waals surface area (Å²) in [7, 11) is 0. The molecule has 0 aromatic rings. The van der Waals surface area contributed by atoms with Crippen molar-refractivity contribution in [2.45, 2.75) is 71.4 Å². The van der Waals surface area contributed by atoms with E-state index in [1.165, 1.54) is 58.2 Å². The predicted octanol–water partition coefficient (Wildman–Crippen LogP) is 3.28. The molecular formula is C16H32N2. The van der Waals surface area contributed by atoms with Gasteiger partial charge in [0.15, 0.2) is 0 Å². The number of piperidine rings is 1. The van der Waals surface area contributed by atoms with Gasteiger partial charge in [0.2, 0.25) is 0 Å². The third-order valence-corrected chi connectivity index (χ3v) is 5.05. The third-order valence-electron chi connectivity index (χ3n) is 5.05. The minimum atomic E-state index is 0.721. The van der Waals surface area contributed by atoms with Crippen LogP contribution in [0.3, 0.4) is 0 Å². The zero-order valence-corrected chi connectivity index (χ0v) is 12.6. The molecule has 0 amide bonds. The molecule has 1 heterocycles. The quantitative estimate of drug-likeness (QED) is 0.826. The summed E-state index contributed by atoms with van der Waals surface area (Å²) in [6.07, 6.45) is 8.52. The molecule has 1 aliphatic heterocycles. The van der Waals surface area contributed by atoms with Crippen LogP contribution in [0.25, 0.3) is 0 Å². The summed E-state index contributed by atoms with van der Waals surface area (Å²) in [6.45, 7) is 11.0. The van der Waals surface area contributed by atoms with Crippen LogP contribution < -0.4 is 5.32 Å². The molecule has 0 bridgehead atoms. The zero-order chi connectivity index (χ0) is 13.0. The van der Waals surface area contributed by atoms with Gasteiger partial charge in [0.1, 0.15) is 0 Å². The van der Waals surface area contributed by atoms with Gasteiger partial charge in [0.25, 0.3) is 0 Å². The van der Waals surface area contributed by atoms with Crippen LogP contribution in [0.15, 0.2) is 0 Å². The normalized spacial score (nSPS) is 31.2. The minimum Gasteiger partial charge on any atom is -0.317 e. The highest BCUT2D eigenvalue weighted by molar-refractivity contribution is 4.83. The summed E-state index contributed by atoms with van der Waals surface area (Å²) in [4.78, 5) is 2.82. The highest BCUT2D eigenvalue weighted by Crippen LogP contribution is 2.29. The molecule has 2 heteroatoms. The Balaban J connectivity index is 1.86. The first-order valence-corrected chi connectivity index (χ1v) is 8.13. The fourth-order valence-electron chi connectivity index (χ4n) is 3.72. The van der Waals surface area contributed by atoms with Crippen LogP contribution in [-0.2, 0) is 0 Å². The van der Waals surface area contributed by atoms with Crippen molar-refractivity contribution in [3.63, 3.8) is 0 Å². The monoisotopic (exact) mass is 252 g/mol. The maximum absolute atomic E-state index is 3.48. The van der Waals surface area contributed by atoms with Gasteiger partial charge in [-0.2, -0.15) is 0 Å². The summed E-state index contributed by atoms with van der Waals surface area (Å²) in [5, 5.41) is 3.48. The molecule has 106 valence electrons. The Labute approximate surface area is 114 Å². The topological polar surface area (TPSA) is 15.3 Å². The van der Waals surface area contributed by atoms with Crippen LogP contribution >= 0.6 is 0 Å². The van der Waals surface area contributed by atoms with Gasteiger partial charge in [0.05, 0.1) is 0 Å². The van der Waals surface area contributed by atoms with Crippen molar-refractivity contribution in [1.82, 2.24) is 10.2 Å². The molecule has 2 nitrogen and oxygen atoms in total. The second-order valence-corrected chi connectivity index (χ2v) is 6.90. The summed E-state index contributed by atoms with van der Waals surface area (Å²) >= 11 is 0. The molecule has 1 saturated carbocycles. The maximum Gasteiger partial charge on any atom is 0.00982 e. The van der Waals surface area contributed by atoms with Gasteiger partial charge < -0.3 is 5.32 Å². The van der Waals surface area contributed by atoms with Crippen molar-refractivity contribution in [1.29, 1.82) is 0 Å². The lowest BCUT2D eigenvalue weighted by Gasteiger charge is -2.41. The lowest BCUT2D eigenvalue weighted by molar-refractivity contribution is 0.0825. The molecule has 0 atom stereocenters. The van der Waals surface area contributed by atoms with E-state index in [4.69, 9.17) is 0 Å². The van der Waals surface area contributed by atoms with E-state index in [1.807, 2.05) is 0 Å². The van der Waals surface area contributed by atoms with Crippen molar-refractivity contribution < 1.29 is 0 Å². The van der Waals surface area contributed by atoms with E-state index in [1.54, 1.807) is 0 Å². The first kappa shape index (κ1) is 14.3. The fourth-order valence-corrected chi connectivity index (χ4v) is 3.72. The third kappa shape index (κ3) is 3.96. The summed E-state index contributed by atoms with van der Waals surface area (Å²) in [6, 6.07) is 1.59. The van der Waals surface area contributed by atoms with Crippen LogP contribution in [0, 0.1) is 11.8 Å². The second-order valence-electron chi connectivity index (χ2n) is 6.90. The lowest BCUT2D eigenvalue weighted by Crippen LogP contribution is -2.46. The van der Waals surface area contributed by atoms with Gasteiger partial charge in [-0.15, -0.1) is 0 Å².